The maximum absolute atomic E-state index is 15.5. The SMILES string of the molecule is CC[C@H](C)[C@@H]1NC(=O)CNC(=O)[C@H]2Cc3c([nH]c4cc(OC(=O)N(C)CCN(CCOCCOCCOCCCC(=O)c5ccc6nc(CBr)c(CBr)nc6c5)C(=O)OCc5ccc(NC(=O)[C@H](CCCNC(N)=O)NC(=O)[C@@H](NC(=O)CCOCCOCCOCCOCCOC)C(C)C)cc5)ccc34)S(=O)C[C@H](NC(=O)CNC1=O)C(=O)C[C@@H](CC(N)=O)C(=O)N1C[C@H](O)C[C@H]1C(=O)N[C@@H]([C@@H](C)[C@@H](O)CO)C(=O)N2. The number of hydrogen-bond donors (Lipinski definition) is 16. The number of benzene rings is 3. The van der Waals surface area contributed by atoms with E-state index in [9.17, 15) is 87.2 Å². The summed E-state index contributed by atoms with van der Waals surface area (Å²) in [6.45, 7) is 7.58. The Balaban J connectivity index is 0.990. The number of hydrogen-bond acceptors (Lipinski definition) is 32. The number of primary amides is 2. The lowest BCUT2D eigenvalue weighted by atomic mass is 9.93. The van der Waals surface area contributed by atoms with Crippen molar-refractivity contribution >= 4 is 165 Å². The molecule has 13 atom stereocenters. The molecule has 48 nitrogen and oxygen atoms in total. The van der Waals surface area contributed by atoms with Crippen molar-refractivity contribution < 1.29 is 144 Å². The van der Waals surface area contributed by atoms with E-state index in [1.54, 1.807) is 65.1 Å². The van der Waals surface area contributed by atoms with E-state index in [2.05, 4.69) is 100.0 Å². The second-order valence-electron chi connectivity index (χ2n) is 35.4. The number of carbonyl (C=O) groups excluding carboxylic acids is 16. The third-order valence-electron chi connectivity index (χ3n) is 24.1. The minimum atomic E-state index is -2.58. The van der Waals surface area contributed by atoms with Crippen LogP contribution in [0.1, 0.15) is 125 Å². The number of nitrogens with zero attached hydrogens (tertiary/aromatic N) is 5. The van der Waals surface area contributed by atoms with Crippen molar-refractivity contribution in [1.82, 2.24) is 77.5 Å². The maximum atomic E-state index is 15.5. The van der Waals surface area contributed by atoms with Crippen molar-refractivity contribution in [1.29, 1.82) is 0 Å². The summed E-state index contributed by atoms with van der Waals surface area (Å²) in [6, 6.07) is 3.67. The number of ether oxygens (including phenoxy) is 10. The van der Waals surface area contributed by atoms with Gasteiger partial charge in [-0.1, -0.05) is 85.0 Å². The van der Waals surface area contributed by atoms with Crippen LogP contribution in [-0.2, 0) is 135 Å². The standard InChI is InChI=1S/C95H136Br2N18O30S/c1-8-56(4)83-88(128)102-49-80(123)106-73-54-146(135)91-65(46-70(85(125)101-50-81(124)111-83)108-90(130)84(57(5)77(120)52-116)112-87(127)74-44-62(117)51-115(74)92(131)60(42-76(73)119)43-78(98)121)64-19-18-63(45-68(64)109-91)145-94(133)113(6)23-24-114(25-28-139-33-36-141-34-31-137-26-10-12-75(118)59-15-20-66-69(41-59)105-72(48-97)71(47-96)104-66)95(134)144-53-58-13-16-61(17-14-58)103-86(126)67(11-9-22-100-93(99)132)107-89(129)82(55(2)3)110-79(122)21-27-138-32-35-142-39-40-143-38-37-140-30-29-136-7/h13-20,41,45,55-57,60,62,67,70,73-74,77,82-84,109,116-117,120H,8-12,21-40,42-44,46-54H2,1-7H3,(H2,98,121)(H,101,125)(H,102,128)(H,103,126)(H,106,123)(H,107,129)(H,108,130)(H,110,122)(H,111,124)(H,112,127)(H3,99,100,132)/t56-,57-,60-,62+,67-,70+,73-,74-,77-,82-,83-,84-,146?/m0/s1. The highest BCUT2D eigenvalue weighted by molar-refractivity contribution is 9.09. The van der Waals surface area contributed by atoms with E-state index in [1.807, 2.05) is 0 Å². The number of amides is 15. The molecule has 0 saturated carbocycles. The Morgan fingerprint density at radius 2 is 1.27 bits per heavy atom. The van der Waals surface area contributed by atoms with Gasteiger partial charge in [0.05, 0.1) is 181 Å². The quantitative estimate of drug-likeness (QED) is 0.0139. The number of carbonyl (C=O) groups is 16. The third kappa shape index (κ3) is 39.0. The Morgan fingerprint density at radius 3 is 1.90 bits per heavy atom. The maximum Gasteiger partial charge on any atom is 0.415 e. The molecule has 146 heavy (non-hydrogen) atoms. The number of aliphatic hydroxyl groups excluding tert-OH is 3. The van der Waals surface area contributed by atoms with Crippen molar-refractivity contribution in [3.8, 4) is 5.75 Å². The molecule has 0 spiro atoms. The topological polar surface area (TPSA) is 667 Å². The molecule has 5 aromatic rings. The fourth-order valence-electron chi connectivity index (χ4n) is 15.6. The van der Waals surface area contributed by atoms with Crippen LogP contribution in [0.25, 0.3) is 21.9 Å². The molecule has 15 amide bonds. The van der Waals surface area contributed by atoms with Gasteiger partial charge < -0.3 is 147 Å². The summed E-state index contributed by atoms with van der Waals surface area (Å²) in [5.41, 5.74) is 15.0. The Morgan fingerprint density at radius 1 is 0.651 bits per heavy atom. The fraction of sp³-hybridized carbons (Fsp3) is 0.600. The molecule has 1 unspecified atom stereocenters. The second-order valence-corrected chi connectivity index (χ2v) is 37.9. The molecule has 3 aromatic carbocycles. The highest BCUT2D eigenvalue weighted by atomic mass is 79.9. The van der Waals surface area contributed by atoms with Gasteiger partial charge in [0.1, 0.15) is 53.6 Å². The summed E-state index contributed by atoms with van der Waals surface area (Å²) >= 11 is 6.90. The van der Waals surface area contributed by atoms with Crippen molar-refractivity contribution in [3.05, 3.63) is 88.7 Å². The van der Waals surface area contributed by atoms with E-state index in [1.165, 1.54) is 49.2 Å². The van der Waals surface area contributed by atoms with E-state index in [-0.39, 0.29) is 157 Å². The molecule has 8 rings (SSSR count). The van der Waals surface area contributed by atoms with Crippen LogP contribution in [0, 0.1) is 23.7 Å². The lowest BCUT2D eigenvalue weighted by Crippen LogP contribution is -2.61. The molecule has 3 aliphatic rings. The Labute approximate surface area is 863 Å². The number of methoxy groups -OCH3 is 1. The van der Waals surface area contributed by atoms with E-state index >= 15 is 9.00 Å². The van der Waals surface area contributed by atoms with Gasteiger partial charge in [-0.15, -0.1) is 0 Å². The predicted octanol–water partition coefficient (Wildman–Crippen LogP) is 0.0956. The first kappa shape index (κ1) is 120. The number of Topliss-reactive ketones (excluding diaryl/α,β-unsaturated/α-hetero) is 2. The number of likely N-dealkylation sites (N-methyl/N-ethyl adjacent to an activating group) is 1. The normalized spacial score (nSPS) is 19.4. The minimum absolute atomic E-state index is 0.0150. The van der Waals surface area contributed by atoms with Gasteiger partial charge in [-0.05, 0) is 84.7 Å². The molecule has 0 radical (unpaired) electrons. The number of aromatic nitrogens is 3. The number of aromatic amines is 1. The third-order valence-corrected chi connectivity index (χ3v) is 26.6. The number of nitrogens with two attached hydrogens (primary N) is 2. The molecule has 5 heterocycles. The minimum Gasteiger partial charge on any atom is -0.445 e. The molecule has 2 aromatic heterocycles. The van der Waals surface area contributed by atoms with Crippen LogP contribution >= 0.6 is 31.9 Å². The molecule has 18 N–H and O–H groups in total. The molecular weight excluding hydrogens is 2070 g/mol. The zero-order chi connectivity index (χ0) is 106. The molecule has 2 bridgehead atoms. The Bertz CT molecular complexity index is 5260. The first-order valence-electron chi connectivity index (χ1n) is 48.2. The van der Waals surface area contributed by atoms with Crippen LogP contribution in [0.3, 0.4) is 0 Å². The number of anilines is 1. The highest BCUT2D eigenvalue weighted by Gasteiger charge is 2.46. The smallest absolute Gasteiger partial charge is 0.415 e. The van der Waals surface area contributed by atoms with Gasteiger partial charge in [-0.3, -0.25) is 66.5 Å². The van der Waals surface area contributed by atoms with Gasteiger partial charge in [-0.25, -0.2) is 24.4 Å². The average Bonchev–Trinajstić information content (AvgIpc) is 1.61. The molecule has 806 valence electrons. The van der Waals surface area contributed by atoms with Gasteiger partial charge in [0, 0.05) is 131 Å². The van der Waals surface area contributed by atoms with Gasteiger partial charge in [-0.2, -0.15) is 0 Å². The number of H-pyrrole nitrogens is 1. The number of halogens is 2. The van der Waals surface area contributed by atoms with Crippen LogP contribution in [0.2, 0.25) is 0 Å². The number of ketones is 2. The lowest BCUT2D eigenvalue weighted by molar-refractivity contribution is -0.145. The zero-order valence-electron chi connectivity index (χ0n) is 82.9. The molecule has 1 saturated heterocycles. The zero-order valence-corrected chi connectivity index (χ0v) is 86.8. The van der Waals surface area contributed by atoms with Crippen molar-refractivity contribution in [2.45, 2.75) is 176 Å². The largest absolute Gasteiger partial charge is 0.445 e. The summed E-state index contributed by atoms with van der Waals surface area (Å²) in [7, 11) is 0.365. The van der Waals surface area contributed by atoms with Crippen LogP contribution in [-0.4, -0.2) is 370 Å². The van der Waals surface area contributed by atoms with E-state index < -0.39 is 236 Å². The van der Waals surface area contributed by atoms with Gasteiger partial charge in [0.25, 0.3) is 0 Å². The van der Waals surface area contributed by atoms with Crippen molar-refractivity contribution in [2.24, 2.45) is 35.1 Å². The summed E-state index contributed by atoms with van der Waals surface area (Å²) in [5.74, 6) is -16.6. The number of rotatable bonds is 54. The van der Waals surface area contributed by atoms with Crippen LogP contribution in [0.15, 0.2) is 65.7 Å². The fourth-order valence-corrected chi connectivity index (χ4v) is 17.9. The number of nitrogens with one attached hydrogen (secondary N) is 11. The van der Waals surface area contributed by atoms with Crippen LogP contribution in [0.4, 0.5) is 20.1 Å². The Kier molecular flexibility index (Phi) is 51.4. The monoisotopic (exact) mass is 2200 g/mol. The van der Waals surface area contributed by atoms with Crippen molar-refractivity contribution in [2.75, 3.05) is 177 Å². The first-order valence-corrected chi connectivity index (χ1v) is 51.7. The van der Waals surface area contributed by atoms with Crippen molar-refractivity contribution in [3.63, 3.8) is 0 Å². The van der Waals surface area contributed by atoms with Gasteiger partial charge >= 0.3 is 18.2 Å². The number of aliphatic hydroxyl groups is 3. The molecule has 3 aliphatic heterocycles. The van der Waals surface area contributed by atoms with E-state index in [0.717, 1.165) is 21.2 Å². The summed E-state index contributed by atoms with van der Waals surface area (Å²) in [5, 5.41) is 58.9. The summed E-state index contributed by atoms with van der Waals surface area (Å²) in [6.07, 6.45) is -6.91. The Hall–Kier alpha value is -11.5. The molecule has 51 heteroatoms. The van der Waals surface area contributed by atoms with E-state index in [0.29, 0.717) is 85.3 Å². The highest BCUT2D eigenvalue weighted by Crippen LogP contribution is 2.33. The average molecular weight is 2200 g/mol. The van der Waals surface area contributed by atoms with Gasteiger partial charge in [0.2, 0.25) is 65.0 Å². The van der Waals surface area contributed by atoms with E-state index in [4.69, 9.17) is 58.8 Å². The number of alkyl halides is 2. The lowest BCUT2D eigenvalue weighted by Gasteiger charge is -2.32. The first-order chi connectivity index (χ1) is 69.9. The summed E-state index contributed by atoms with van der Waals surface area (Å²) < 4.78 is 71.5. The number of urea groups is 1. The second kappa shape index (κ2) is 62.6. The van der Waals surface area contributed by atoms with Crippen LogP contribution in [0.5, 0.6) is 5.75 Å². The molecule has 0 aliphatic carbocycles. The predicted molar refractivity (Wildman–Crippen MR) is 533 cm³/mol. The number of fused-ring (bicyclic) bond motifs is 6. The van der Waals surface area contributed by atoms with Gasteiger partial charge in [0.15, 0.2) is 11.6 Å². The summed E-state index contributed by atoms with van der Waals surface area (Å²) in [4.78, 5) is 239. The molecular formula is C95H136Br2N18O30S. The molecule has 1 fully saturated rings. The van der Waals surface area contributed by atoms with Crippen LogP contribution < -0.4 is 69.4 Å².